The van der Waals surface area contributed by atoms with Crippen LogP contribution in [0.4, 0.5) is 34.1 Å². The monoisotopic (exact) mass is 1290 g/mol. The number of hydrogen-bond acceptors (Lipinski definition) is 2. The van der Waals surface area contributed by atoms with Crippen molar-refractivity contribution in [2.24, 2.45) is 5.92 Å². The molecule has 12 aromatic rings. The Labute approximate surface area is 591 Å². The molecule has 484 valence electrons. The third-order valence-corrected chi connectivity index (χ3v) is 23.8. The van der Waals surface area contributed by atoms with Crippen molar-refractivity contribution in [2.75, 3.05) is 9.80 Å². The van der Waals surface area contributed by atoms with Crippen molar-refractivity contribution in [3.8, 4) is 33.4 Å². The fourth-order valence-electron chi connectivity index (χ4n) is 19.3. The quantitative estimate of drug-likeness (QED) is 0.100. The normalized spacial score (nSPS) is 19.3. The number of hydrogen-bond donors (Lipinski definition) is 0. The van der Waals surface area contributed by atoms with E-state index in [1.165, 1.54) is 128 Å². The Morgan fingerprint density at radius 3 is 1.36 bits per heavy atom. The van der Waals surface area contributed by atoms with E-state index in [4.69, 9.17) is 0 Å². The summed E-state index contributed by atoms with van der Waals surface area (Å²) in [5, 5.41) is 0. The van der Waals surface area contributed by atoms with E-state index in [2.05, 4.69) is 343 Å². The molecular formula is C98H82N2. The molecule has 0 amide bonds. The maximum Gasteiger partial charge on any atom is 0.0727 e. The zero-order valence-corrected chi connectivity index (χ0v) is 58.0. The smallest absolute Gasteiger partial charge is 0.0727 e. The van der Waals surface area contributed by atoms with Gasteiger partial charge in [0, 0.05) is 39.5 Å². The molecular weight excluding hydrogens is 1210 g/mol. The van der Waals surface area contributed by atoms with Gasteiger partial charge in [-0.2, -0.15) is 0 Å². The van der Waals surface area contributed by atoms with Crippen molar-refractivity contribution in [2.45, 2.75) is 95.8 Å². The van der Waals surface area contributed by atoms with Crippen LogP contribution in [0.3, 0.4) is 0 Å². The summed E-state index contributed by atoms with van der Waals surface area (Å²) in [6.45, 7) is 19.9. The van der Waals surface area contributed by atoms with E-state index in [0.717, 1.165) is 84.6 Å². The van der Waals surface area contributed by atoms with Crippen LogP contribution in [0.1, 0.15) is 134 Å². The molecule has 0 fully saturated rings. The predicted octanol–water partition coefficient (Wildman–Crippen LogP) is 25.5. The minimum Gasteiger partial charge on any atom is -0.310 e. The van der Waals surface area contributed by atoms with E-state index in [1.54, 1.807) is 11.1 Å². The van der Waals surface area contributed by atoms with Crippen LogP contribution >= 0.6 is 0 Å². The van der Waals surface area contributed by atoms with Crippen molar-refractivity contribution in [3.05, 3.63) is 404 Å². The Morgan fingerprint density at radius 2 is 0.840 bits per heavy atom. The third kappa shape index (κ3) is 9.22. The van der Waals surface area contributed by atoms with Crippen LogP contribution in [0.25, 0.3) is 45.0 Å². The molecule has 0 aromatic heterocycles. The van der Waals surface area contributed by atoms with Crippen LogP contribution in [-0.2, 0) is 22.7 Å². The first-order valence-electron chi connectivity index (χ1n) is 36.2. The Balaban J connectivity index is 0.836. The second-order valence-corrected chi connectivity index (χ2v) is 29.3. The molecule has 0 N–H and O–H groups in total. The Morgan fingerprint density at radius 1 is 0.380 bits per heavy atom. The molecule has 2 nitrogen and oxygen atoms in total. The van der Waals surface area contributed by atoms with Crippen LogP contribution in [-0.4, -0.2) is 0 Å². The Bertz CT molecular complexity index is 5450. The Kier molecular flexibility index (Phi) is 14.6. The van der Waals surface area contributed by atoms with Crippen molar-refractivity contribution in [1.82, 2.24) is 0 Å². The number of allylic oxidation sites excluding steroid dienone is 7. The summed E-state index contributed by atoms with van der Waals surface area (Å²) in [4.78, 5) is 5.09. The average molecular weight is 1290 g/mol. The van der Waals surface area contributed by atoms with E-state index in [1.807, 2.05) is 6.08 Å². The lowest BCUT2D eigenvalue weighted by atomic mass is 9.63. The predicted molar refractivity (Wildman–Crippen MR) is 420 cm³/mol. The highest BCUT2D eigenvalue weighted by Gasteiger charge is 2.54. The molecule has 0 bridgehead atoms. The van der Waals surface area contributed by atoms with Gasteiger partial charge in [0.2, 0.25) is 0 Å². The fourth-order valence-corrected chi connectivity index (χ4v) is 19.3. The molecule has 12 aromatic carbocycles. The first-order chi connectivity index (χ1) is 49.0. The van der Waals surface area contributed by atoms with E-state index in [0.29, 0.717) is 5.92 Å². The molecule has 4 unspecified atom stereocenters. The van der Waals surface area contributed by atoms with Gasteiger partial charge in [0.05, 0.1) is 10.8 Å². The van der Waals surface area contributed by atoms with Crippen molar-refractivity contribution in [1.29, 1.82) is 0 Å². The highest BCUT2D eigenvalue weighted by molar-refractivity contribution is 5.99. The zero-order valence-electron chi connectivity index (χ0n) is 58.0. The molecule has 18 rings (SSSR count). The van der Waals surface area contributed by atoms with Crippen LogP contribution in [0.15, 0.2) is 315 Å². The zero-order chi connectivity index (χ0) is 67.6. The topological polar surface area (TPSA) is 6.48 Å². The summed E-state index contributed by atoms with van der Waals surface area (Å²) in [6.07, 6.45) is 16.4. The van der Waals surface area contributed by atoms with E-state index in [9.17, 15) is 0 Å². The number of aryl methyl sites for hydroxylation is 4. The molecule has 1 spiro atoms. The molecule has 6 aliphatic rings. The van der Waals surface area contributed by atoms with Crippen molar-refractivity contribution < 1.29 is 0 Å². The third-order valence-electron chi connectivity index (χ3n) is 23.8. The first kappa shape index (κ1) is 61.3. The summed E-state index contributed by atoms with van der Waals surface area (Å²) in [6, 6.07) is 103. The summed E-state index contributed by atoms with van der Waals surface area (Å²) in [7, 11) is 0. The molecule has 2 heteroatoms. The molecule has 0 heterocycles. The number of para-hydroxylation sites is 2. The molecule has 0 saturated heterocycles. The van der Waals surface area contributed by atoms with Gasteiger partial charge in [-0.25, -0.2) is 0 Å². The van der Waals surface area contributed by atoms with E-state index < -0.39 is 10.8 Å². The largest absolute Gasteiger partial charge is 0.310 e. The highest BCUT2D eigenvalue weighted by Crippen LogP contribution is 2.66. The number of anilines is 6. The van der Waals surface area contributed by atoms with Gasteiger partial charge in [-0.05, 0) is 286 Å². The van der Waals surface area contributed by atoms with Gasteiger partial charge in [-0.3, -0.25) is 0 Å². The van der Waals surface area contributed by atoms with Crippen LogP contribution in [0, 0.1) is 33.6 Å². The highest BCUT2D eigenvalue weighted by atomic mass is 15.1. The standard InChI is InChI=1S/C98H82N2/c1-8-68-39-43-70(44-40-68)61-96(89-55-63(3)35-37-65(89)5)85-31-19-16-28-78(85)81-51-47-74(57-91(81)96)99(72-24-12-10-13-25-72)76-48-52-82-79-29-17-20-32-86(79)98(93(82)59-76)87-33-21-18-30-80(87)83-53-49-77(60-94(83)98)100(73-26-14-11-15-27-73)75-50-54-84-92(58-75)97(88-34-22-23-67(7)95(84)88,90-56-64(4)36-38-66(90)6)62-71-45-41-69(9-2)42-46-71/h8-21,23-33,35-40,43-45,47-60,69H,1-2,22,34,41-42,46,61-62H2,3-7H3. The van der Waals surface area contributed by atoms with Crippen molar-refractivity contribution >= 4 is 45.8 Å². The van der Waals surface area contributed by atoms with E-state index >= 15 is 0 Å². The molecule has 100 heavy (non-hydrogen) atoms. The van der Waals surface area contributed by atoms with Gasteiger partial charge < -0.3 is 9.80 Å². The SMILES string of the molecule is C=Cc1ccc(CC2(c3cc(C)ccc3C)c3ccccc3-c3ccc(N(c4ccccc4)c4ccc5c(c4)C4(c6ccccc6-c6ccc(N(c7ccccc7)c7ccc8c(c7)C(CC7=CCC(C=C)CC7)(c7cc(C)ccc7C)C7=C8C(C)=CCC7)cc64)c4ccccc4-5)cc32)cc1. The lowest BCUT2D eigenvalue weighted by molar-refractivity contribution is 0.512. The van der Waals surface area contributed by atoms with Gasteiger partial charge >= 0.3 is 0 Å². The van der Waals surface area contributed by atoms with Crippen LogP contribution in [0.5, 0.6) is 0 Å². The van der Waals surface area contributed by atoms with Gasteiger partial charge in [0.25, 0.3) is 0 Å². The van der Waals surface area contributed by atoms with Crippen LogP contribution < -0.4 is 9.80 Å². The maximum atomic E-state index is 4.25. The number of benzene rings is 12. The number of fused-ring (bicyclic) bond motifs is 15. The molecule has 6 aliphatic carbocycles. The second kappa shape index (κ2) is 23.9. The molecule has 4 atom stereocenters. The van der Waals surface area contributed by atoms with Crippen LogP contribution in [0.2, 0.25) is 0 Å². The number of rotatable bonds is 14. The molecule has 0 saturated carbocycles. The summed E-state index contributed by atoms with van der Waals surface area (Å²) >= 11 is 0. The van der Waals surface area contributed by atoms with Gasteiger partial charge in [-0.15, -0.1) is 6.58 Å². The van der Waals surface area contributed by atoms with Gasteiger partial charge in [0.15, 0.2) is 0 Å². The minimum atomic E-state index is -0.673. The molecule has 0 radical (unpaired) electrons. The molecule has 0 aliphatic heterocycles. The fraction of sp³-hybridized carbons (Fsp3) is 0.163. The van der Waals surface area contributed by atoms with Gasteiger partial charge in [-0.1, -0.05) is 242 Å². The van der Waals surface area contributed by atoms with E-state index in [-0.39, 0.29) is 5.41 Å². The lowest BCUT2D eigenvalue weighted by Crippen LogP contribution is -2.31. The first-order valence-corrected chi connectivity index (χ1v) is 36.2. The van der Waals surface area contributed by atoms with Gasteiger partial charge in [0.1, 0.15) is 0 Å². The summed E-state index contributed by atoms with van der Waals surface area (Å²) < 4.78 is 0. The average Bonchev–Trinajstić information content (AvgIpc) is 1.50. The maximum absolute atomic E-state index is 4.25. The van der Waals surface area contributed by atoms with Crippen molar-refractivity contribution in [3.63, 3.8) is 0 Å². The number of nitrogens with zero attached hydrogens (tertiary/aromatic N) is 2. The minimum absolute atomic E-state index is 0.347. The summed E-state index contributed by atoms with van der Waals surface area (Å²) in [5.74, 6) is 0.525. The summed E-state index contributed by atoms with van der Waals surface area (Å²) in [5.41, 5.74) is 39.9. The Hall–Kier alpha value is -11.1. The second-order valence-electron chi connectivity index (χ2n) is 29.3. The lowest BCUT2D eigenvalue weighted by Gasteiger charge is -2.39.